The van der Waals surface area contributed by atoms with Gasteiger partial charge in [-0.2, -0.15) is 0 Å². The lowest BCUT2D eigenvalue weighted by Crippen LogP contribution is -2.35. The number of hydrogen-bond acceptors (Lipinski definition) is 4. The van der Waals surface area contributed by atoms with Gasteiger partial charge in [-0.25, -0.2) is 0 Å². The number of carbonyl (C=O) groups is 1. The largest absolute Gasteiger partial charge is 0.486 e. The molecule has 3 aromatic rings. The summed E-state index contributed by atoms with van der Waals surface area (Å²) in [5, 5.41) is 2.09. The first-order valence-corrected chi connectivity index (χ1v) is 9.68. The van der Waals surface area contributed by atoms with Gasteiger partial charge in [0.1, 0.15) is 18.1 Å². The standard InChI is InChI=1S/C19H16BrNO3S/c20-14-1-3-15(4-2-14)23-12-16-5-6-17(24-16)19(22)21-9-7-18-13(11-21)8-10-25-18/h1-6,8,10H,7,9,11-12H2. The van der Waals surface area contributed by atoms with Gasteiger partial charge in [-0.3, -0.25) is 4.79 Å². The highest BCUT2D eigenvalue weighted by Gasteiger charge is 2.24. The zero-order chi connectivity index (χ0) is 17.2. The molecule has 1 aliphatic rings. The normalized spacial score (nSPS) is 13.6. The van der Waals surface area contributed by atoms with Crippen molar-refractivity contribution in [3.63, 3.8) is 0 Å². The van der Waals surface area contributed by atoms with E-state index in [-0.39, 0.29) is 5.91 Å². The molecule has 128 valence electrons. The molecule has 0 bridgehead atoms. The SMILES string of the molecule is O=C(c1ccc(COc2ccc(Br)cc2)o1)N1CCc2sccc2C1. The Morgan fingerprint density at radius 1 is 1.20 bits per heavy atom. The van der Waals surface area contributed by atoms with Crippen molar-refractivity contribution in [3.05, 3.63) is 74.3 Å². The molecule has 4 rings (SSSR count). The van der Waals surface area contributed by atoms with Crippen molar-refractivity contribution in [2.24, 2.45) is 0 Å². The molecule has 0 saturated heterocycles. The Kier molecular flexibility index (Phi) is 4.63. The second-order valence-corrected chi connectivity index (χ2v) is 7.77. The highest BCUT2D eigenvalue weighted by Crippen LogP contribution is 2.25. The summed E-state index contributed by atoms with van der Waals surface area (Å²) in [4.78, 5) is 15.9. The van der Waals surface area contributed by atoms with Crippen molar-refractivity contribution in [1.82, 2.24) is 4.90 Å². The Labute approximate surface area is 158 Å². The number of halogens is 1. The first-order valence-electron chi connectivity index (χ1n) is 8.00. The van der Waals surface area contributed by atoms with Gasteiger partial charge in [0, 0.05) is 22.4 Å². The van der Waals surface area contributed by atoms with Crippen LogP contribution < -0.4 is 4.74 Å². The molecule has 1 amide bonds. The number of fused-ring (bicyclic) bond motifs is 1. The third-order valence-corrected chi connectivity index (χ3v) is 5.71. The van der Waals surface area contributed by atoms with Crippen LogP contribution in [0.2, 0.25) is 0 Å². The van der Waals surface area contributed by atoms with Crippen molar-refractivity contribution in [1.29, 1.82) is 0 Å². The smallest absolute Gasteiger partial charge is 0.289 e. The summed E-state index contributed by atoms with van der Waals surface area (Å²) in [7, 11) is 0. The van der Waals surface area contributed by atoms with E-state index >= 15 is 0 Å². The lowest BCUT2D eigenvalue weighted by Gasteiger charge is -2.26. The second-order valence-electron chi connectivity index (χ2n) is 5.85. The first-order chi connectivity index (χ1) is 12.2. The van der Waals surface area contributed by atoms with Gasteiger partial charge in [-0.15, -0.1) is 11.3 Å². The Morgan fingerprint density at radius 2 is 2.04 bits per heavy atom. The molecule has 0 radical (unpaired) electrons. The Morgan fingerprint density at radius 3 is 2.88 bits per heavy atom. The molecule has 6 heteroatoms. The summed E-state index contributed by atoms with van der Waals surface area (Å²) in [5.74, 6) is 1.70. The van der Waals surface area contributed by atoms with E-state index in [4.69, 9.17) is 9.15 Å². The maximum absolute atomic E-state index is 12.6. The van der Waals surface area contributed by atoms with Gasteiger partial charge in [0.15, 0.2) is 5.76 Å². The third-order valence-electron chi connectivity index (χ3n) is 4.16. The molecule has 1 aromatic carbocycles. The fourth-order valence-corrected chi connectivity index (χ4v) is 3.99. The lowest BCUT2D eigenvalue weighted by atomic mass is 10.1. The van der Waals surface area contributed by atoms with Crippen LogP contribution in [-0.2, 0) is 19.6 Å². The van der Waals surface area contributed by atoms with Crippen LogP contribution in [0.3, 0.4) is 0 Å². The van der Waals surface area contributed by atoms with E-state index in [0.717, 1.165) is 23.2 Å². The Bertz CT molecular complexity index is 884. The van der Waals surface area contributed by atoms with Gasteiger partial charge in [0.05, 0.1) is 0 Å². The van der Waals surface area contributed by atoms with Gasteiger partial charge < -0.3 is 14.1 Å². The van der Waals surface area contributed by atoms with E-state index in [1.165, 1.54) is 10.4 Å². The van der Waals surface area contributed by atoms with E-state index in [1.54, 1.807) is 23.5 Å². The first kappa shape index (κ1) is 16.4. The van der Waals surface area contributed by atoms with Crippen LogP contribution in [0.25, 0.3) is 0 Å². The Hall–Kier alpha value is -2.05. The number of hydrogen-bond donors (Lipinski definition) is 0. The van der Waals surface area contributed by atoms with Crippen molar-refractivity contribution in [2.75, 3.05) is 6.54 Å². The van der Waals surface area contributed by atoms with E-state index < -0.39 is 0 Å². The monoisotopic (exact) mass is 417 g/mol. The second kappa shape index (κ2) is 7.06. The fourth-order valence-electron chi connectivity index (χ4n) is 2.83. The summed E-state index contributed by atoms with van der Waals surface area (Å²) in [5.41, 5.74) is 1.25. The van der Waals surface area contributed by atoms with Crippen molar-refractivity contribution >= 4 is 33.2 Å². The summed E-state index contributed by atoms with van der Waals surface area (Å²) in [6.45, 7) is 1.68. The average Bonchev–Trinajstić information content (AvgIpc) is 3.29. The molecule has 4 nitrogen and oxygen atoms in total. The van der Waals surface area contributed by atoms with Gasteiger partial charge in [0.25, 0.3) is 5.91 Å². The molecule has 2 aromatic heterocycles. The molecular formula is C19H16BrNO3S. The zero-order valence-corrected chi connectivity index (χ0v) is 15.8. The predicted octanol–water partition coefficient (Wildman–Crippen LogP) is 4.88. The van der Waals surface area contributed by atoms with Crippen LogP contribution in [0.4, 0.5) is 0 Å². The fraction of sp³-hybridized carbons (Fsp3) is 0.211. The average molecular weight is 418 g/mol. The van der Waals surface area contributed by atoms with Gasteiger partial charge >= 0.3 is 0 Å². The number of amides is 1. The molecule has 3 heterocycles. The van der Waals surface area contributed by atoms with Crippen LogP contribution >= 0.6 is 27.3 Å². The molecule has 0 N–H and O–H groups in total. The minimum Gasteiger partial charge on any atom is -0.486 e. The number of rotatable bonds is 4. The number of benzene rings is 1. The molecular weight excluding hydrogens is 402 g/mol. The topological polar surface area (TPSA) is 42.7 Å². The predicted molar refractivity (Wildman–Crippen MR) is 99.9 cm³/mol. The molecule has 0 unspecified atom stereocenters. The molecule has 0 fully saturated rings. The lowest BCUT2D eigenvalue weighted by molar-refractivity contribution is 0.0699. The summed E-state index contributed by atoms with van der Waals surface area (Å²) in [6, 6.07) is 13.2. The van der Waals surface area contributed by atoms with Crippen molar-refractivity contribution < 1.29 is 13.9 Å². The molecule has 0 saturated carbocycles. The highest BCUT2D eigenvalue weighted by molar-refractivity contribution is 9.10. The zero-order valence-electron chi connectivity index (χ0n) is 13.4. The van der Waals surface area contributed by atoms with E-state index in [2.05, 4.69) is 27.4 Å². The minimum atomic E-state index is -0.0632. The number of thiophene rings is 1. The van der Waals surface area contributed by atoms with Crippen LogP contribution in [-0.4, -0.2) is 17.4 Å². The summed E-state index contributed by atoms with van der Waals surface area (Å²) in [6.07, 6.45) is 0.916. The number of carbonyl (C=O) groups excluding carboxylic acids is 1. The van der Waals surface area contributed by atoms with Crippen LogP contribution in [0.5, 0.6) is 5.75 Å². The summed E-state index contributed by atoms with van der Waals surface area (Å²) >= 11 is 5.15. The minimum absolute atomic E-state index is 0.0632. The van der Waals surface area contributed by atoms with Crippen molar-refractivity contribution in [3.8, 4) is 5.75 Å². The van der Waals surface area contributed by atoms with Gasteiger partial charge in [-0.1, -0.05) is 15.9 Å². The highest BCUT2D eigenvalue weighted by atomic mass is 79.9. The number of nitrogens with zero attached hydrogens (tertiary/aromatic N) is 1. The van der Waals surface area contributed by atoms with Crippen LogP contribution in [0.1, 0.15) is 26.8 Å². The van der Waals surface area contributed by atoms with E-state index in [1.807, 2.05) is 29.2 Å². The van der Waals surface area contributed by atoms with Gasteiger partial charge in [-0.05, 0) is 59.8 Å². The number of furan rings is 1. The number of ether oxygens (including phenoxy) is 1. The van der Waals surface area contributed by atoms with Crippen molar-refractivity contribution in [2.45, 2.75) is 19.6 Å². The van der Waals surface area contributed by atoms with Gasteiger partial charge in [0.2, 0.25) is 0 Å². The van der Waals surface area contributed by atoms with Crippen LogP contribution in [0, 0.1) is 0 Å². The Balaban J connectivity index is 1.39. The van der Waals surface area contributed by atoms with E-state index in [0.29, 0.717) is 24.7 Å². The third kappa shape index (κ3) is 3.65. The molecule has 0 atom stereocenters. The van der Waals surface area contributed by atoms with E-state index in [9.17, 15) is 4.79 Å². The molecule has 0 spiro atoms. The maximum atomic E-state index is 12.6. The molecule has 25 heavy (non-hydrogen) atoms. The summed E-state index contributed by atoms with van der Waals surface area (Å²) < 4.78 is 12.4. The maximum Gasteiger partial charge on any atom is 0.289 e. The molecule has 0 aliphatic carbocycles. The van der Waals surface area contributed by atoms with Crippen LogP contribution in [0.15, 0.2) is 56.7 Å². The quantitative estimate of drug-likeness (QED) is 0.607. The molecule has 1 aliphatic heterocycles.